The lowest BCUT2D eigenvalue weighted by molar-refractivity contribution is -0.114. The third-order valence-electron chi connectivity index (χ3n) is 6.68. The van der Waals surface area contributed by atoms with Crippen molar-refractivity contribution in [3.8, 4) is 0 Å². The highest BCUT2D eigenvalue weighted by Gasteiger charge is 2.29. The van der Waals surface area contributed by atoms with E-state index in [-0.39, 0.29) is 11.8 Å². The van der Waals surface area contributed by atoms with Gasteiger partial charge >= 0.3 is 0 Å². The highest BCUT2D eigenvalue weighted by molar-refractivity contribution is 8.04. The maximum Gasteiger partial charge on any atom is 0.265 e. The summed E-state index contributed by atoms with van der Waals surface area (Å²) < 4.78 is 0. The molecule has 0 fully saturated rings. The van der Waals surface area contributed by atoms with E-state index in [1.165, 1.54) is 17.3 Å². The summed E-state index contributed by atoms with van der Waals surface area (Å²) in [6.07, 6.45) is 1.91. The number of hydrogen-bond acceptors (Lipinski definition) is 4. The van der Waals surface area contributed by atoms with E-state index in [9.17, 15) is 9.59 Å². The maximum atomic E-state index is 13.6. The molecule has 0 spiro atoms. The van der Waals surface area contributed by atoms with Crippen LogP contribution in [0.4, 0.5) is 5.69 Å². The fourth-order valence-electron chi connectivity index (χ4n) is 4.49. The summed E-state index contributed by atoms with van der Waals surface area (Å²) in [5.74, 6) is 1.07. The Morgan fingerprint density at radius 2 is 1.76 bits per heavy atom. The summed E-state index contributed by atoms with van der Waals surface area (Å²) in [6.45, 7) is 5.28. The van der Waals surface area contributed by atoms with Crippen LogP contribution in [0.25, 0.3) is 6.08 Å². The summed E-state index contributed by atoms with van der Waals surface area (Å²) in [5.41, 5.74) is 4.65. The standard InChI is InChI=1S/C34H31ClN2O2S2/c1-23-6-5-7-26(18-23)21-37-30-8-3-4-9-31(30)41-32(34(37)39)19-25-10-12-27(13-11-25)33(38)36-20-24(2)22-40-29-16-14-28(35)15-17-29/h3-19,24H,20-22H2,1-2H3,(H,36,38). The molecule has 7 heteroatoms. The molecular weight excluding hydrogens is 568 g/mol. The molecule has 4 aromatic carbocycles. The van der Waals surface area contributed by atoms with E-state index < -0.39 is 0 Å². The summed E-state index contributed by atoms with van der Waals surface area (Å²) >= 11 is 9.20. The molecule has 4 aromatic rings. The average Bonchev–Trinajstić information content (AvgIpc) is 2.98. The van der Waals surface area contributed by atoms with Crippen molar-refractivity contribution in [1.29, 1.82) is 0 Å². The van der Waals surface area contributed by atoms with E-state index in [0.717, 1.165) is 37.4 Å². The lowest BCUT2D eigenvalue weighted by atomic mass is 10.1. The van der Waals surface area contributed by atoms with Gasteiger partial charge < -0.3 is 10.2 Å². The number of carbonyl (C=O) groups excluding carboxylic acids is 2. The molecule has 208 valence electrons. The van der Waals surface area contributed by atoms with Crippen LogP contribution >= 0.6 is 35.1 Å². The largest absolute Gasteiger partial charge is 0.352 e. The number of nitrogens with one attached hydrogen (secondary N) is 1. The highest BCUT2D eigenvalue weighted by Crippen LogP contribution is 2.42. The van der Waals surface area contributed by atoms with Crippen molar-refractivity contribution in [2.75, 3.05) is 17.2 Å². The molecule has 1 aliphatic rings. The van der Waals surface area contributed by atoms with Gasteiger partial charge in [-0.1, -0.05) is 84.4 Å². The van der Waals surface area contributed by atoms with Gasteiger partial charge in [-0.3, -0.25) is 9.59 Å². The molecular formula is C34H31ClN2O2S2. The molecule has 0 bridgehead atoms. The van der Waals surface area contributed by atoms with Crippen molar-refractivity contribution in [3.05, 3.63) is 129 Å². The van der Waals surface area contributed by atoms with Crippen molar-refractivity contribution in [2.45, 2.75) is 30.2 Å². The number of benzene rings is 4. The number of para-hydroxylation sites is 1. The molecule has 0 aromatic heterocycles. The molecule has 1 N–H and O–H groups in total. The van der Waals surface area contributed by atoms with E-state index in [1.54, 1.807) is 11.8 Å². The van der Waals surface area contributed by atoms with Gasteiger partial charge in [-0.2, -0.15) is 0 Å². The van der Waals surface area contributed by atoms with Crippen molar-refractivity contribution >= 4 is 58.7 Å². The number of nitrogens with zero attached hydrogens (tertiary/aromatic N) is 1. The minimum atomic E-state index is -0.103. The van der Waals surface area contributed by atoms with Crippen LogP contribution in [-0.4, -0.2) is 24.1 Å². The van der Waals surface area contributed by atoms with Gasteiger partial charge in [0.05, 0.1) is 17.1 Å². The van der Waals surface area contributed by atoms with Crippen molar-refractivity contribution in [1.82, 2.24) is 5.32 Å². The molecule has 5 rings (SSSR count). The van der Waals surface area contributed by atoms with Crippen LogP contribution in [0.2, 0.25) is 5.02 Å². The van der Waals surface area contributed by atoms with Gasteiger partial charge in [-0.05, 0) is 78.6 Å². The number of carbonyl (C=O) groups is 2. The normalized spacial score (nSPS) is 14.6. The van der Waals surface area contributed by atoms with E-state index in [4.69, 9.17) is 11.6 Å². The number of fused-ring (bicyclic) bond motifs is 1. The summed E-state index contributed by atoms with van der Waals surface area (Å²) in [7, 11) is 0. The minimum absolute atomic E-state index is 0.0255. The maximum absolute atomic E-state index is 13.6. The van der Waals surface area contributed by atoms with Gasteiger partial charge in [0.25, 0.3) is 11.8 Å². The number of amides is 2. The second-order valence-corrected chi connectivity index (χ2v) is 12.8. The average molecular weight is 599 g/mol. The Morgan fingerprint density at radius 1 is 1.00 bits per heavy atom. The Morgan fingerprint density at radius 3 is 2.51 bits per heavy atom. The zero-order valence-corrected chi connectivity index (χ0v) is 25.4. The van der Waals surface area contributed by atoms with Gasteiger partial charge in [-0.25, -0.2) is 0 Å². The number of anilines is 1. The first-order chi connectivity index (χ1) is 19.9. The van der Waals surface area contributed by atoms with Crippen LogP contribution < -0.4 is 10.2 Å². The molecule has 4 nitrogen and oxygen atoms in total. The van der Waals surface area contributed by atoms with Crippen LogP contribution in [-0.2, 0) is 11.3 Å². The number of halogens is 1. The second kappa shape index (κ2) is 13.5. The lowest BCUT2D eigenvalue weighted by Crippen LogP contribution is -2.33. The van der Waals surface area contributed by atoms with Crippen LogP contribution in [0.3, 0.4) is 0 Å². The minimum Gasteiger partial charge on any atom is -0.352 e. The second-order valence-electron chi connectivity index (χ2n) is 10.2. The third-order valence-corrected chi connectivity index (χ3v) is 9.36. The third kappa shape index (κ3) is 7.64. The molecule has 2 amide bonds. The first-order valence-electron chi connectivity index (χ1n) is 13.5. The number of hydrogen-bond donors (Lipinski definition) is 1. The van der Waals surface area contributed by atoms with Gasteiger partial charge in [-0.15, -0.1) is 11.8 Å². The Balaban J connectivity index is 1.22. The Kier molecular flexibility index (Phi) is 9.55. The van der Waals surface area contributed by atoms with Gasteiger partial charge in [0.1, 0.15) is 0 Å². The van der Waals surface area contributed by atoms with Crippen LogP contribution in [0.1, 0.15) is 34.0 Å². The van der Waals surface area contributed by atoms with Crippen LogP contribution in [0.15, 0.2) is 112 Å². The number of rotatable bonds is 9. The first kappa shape index (κ1) is 29.1. The summed E-state index contributed by atoms with van der Waals surface area (Å²) in [4.78, 5) is 31.1. The summed E-state index contributed by atoms with van der Waals surface area (Å²) in [5, 5.41) is 3.77. The zero-order valence-electron chi connectivity index (χ0n) is 23.0. The Bertz CT molecular complexity index is 1570. The van der Waals surface area contributed by atoms with E-state index in [2.05, 4.69) is 37.4 Å². The SMILES string of the molecule is Cc1cccc(CN2C(=O)C(=Cc3ccc(C(=O)NCC(C)CSc4ccc(Cl)cc4)cc3)Sc3ccccc32)c1. The predicted octanol–water partition coefficient (Wildman–Crippen LogP) is 8.49. The van der Waals surface area contributed by atoms with Crippen molar-refractivity contribution in [2.24, 2.45) is 5.92 Å². The van der Waals surface area contributed by atoms with Crippen molar-refractivity contribution < 1.29 is 9.59 Å². The molecule has 1 atom stereocenters. The molecule has 1 heterocycles. The lowest BCUT2D eigenvalue weighted by Gasteiger charge is -2.30. The van der Waals surface area contributed by atoms with Gasteiger partial charge in [0.15, 0.2) is 0 Å². The molecule has 0 saturated carbocycles. The number of thioether (sulfide) groups is 2. The molecule has 1 aliphatic heterocycles. The number of aryl methyl sites for hydroxylation is 1. The highest BCUT2D eigenvalue weighted by atomic mass is 35.5. The molecule has 0 saturated heterocycles. The molecule has 41 heavy (non-hydrogen) atoms. The molecule has 1 unspecified atom stereocenters. The molecule has 0 aliphatic carbocycles. The van der Waals surface area contributed by atoms with Crippen LogP contribution in [0, 0.1) is 12.8 Å². The van der Waals surface area contributed by atoms with Gasteiger partial charge in [0.2, 0.25) is 0 Å². The smallest absolute Gasteiger partial charge is 0.265 e. The topological polar surface area (TPSA) is 49.4 Å². The fourth-order valence-corrected chi connectivity index (χ4v) is 6.60. The first-order valence-corrected chi connectivity index (χ1v) is 15.7. The van der Waals surface area contributed by atoms with E-state index >= 15 is 0 Å². The Labute approximate surface area is 255 Å². The van der Waals surface area contributed by atoms with E-state index in [1.807, 2.05) is 89.8 Å². The van der Waals surface area contributed by atoms with Crippen LogP contribution in [0.5, 0.6) is 0 Å². The Hall–Kier alpha value is -3.45. The van der Waals surface area contributed by atoms with E-state index in [0.29, 0.717) is 29.5 Å². The zero-order chi connectivity index (χ0) is 28.8. The summed E-state index contributed by atoms with van der Waals surface area (Å²) in [6, 6.07) is 31.5. The van der Waals surface area contributed by atoms with Gasteiger partial charge in [0, 0.05) is 32.7 Å². The van der Waals surface area contributed by atoms with Crippen molar-refractivity contribution in [3.63, 3.8) is 0 Å². The monoisotopic (exact) mass is 598 g/mol. The quantitative estimate of drug-likeness (QED) is 0.155. The predicted molar refractivity (Wildman–Crippen MR) is 173 cm³/mol. The molecule has 0 radical (unpaired) electrons. The fraction of sp³-hybridized carbons (Fsp3) is 0.176.